The Morgan fingerprint density at radius 2 is 2.13 bits per heavy atom. The molecule has 7 heteroatoms. The van der Waals surface area contributed by atoms with Gasteiger partial charge >= 0.3 is 11.9 Å². The summed E-state index contributed by atoms with van der Waals surface area (Å²) in [6.45, 7) is -0.361. The highest BCUT2D eigenvalue weighted by atomic mass is 16.5. The van der Waals surface area contributed by atoms with Crippen LogP contribution in [0.3, 0.4) is 0 Å². The van der Waals surface area contributed by atoms with E-state index in [-0.39, 0.29) is 18.8 Å². The summed E-state index contributed by atoms with van der Waals surface area (Å²) >= 11 is 0. The highest BCUT2D eigenvalue weighted by Crippen LogP contribution is 2.18. The number of nitrogens with one attached hydrogen (secondary N) is 1. The molecule has 15 heavy (non-hydrogen) atoms. The quantitative estimate of drug-likeness (QED) is 0.464. The van der Waals surface area contributed by atoms with Crippen molar-refractivity contribution in [1.29, 1.82) is 0 Å². The molecule has 4 N–H and O–H groups in total. The molecule has 1 unspecified atom stereocenters. The number of aliphatic hydroxyl groups is 1. The van der Waals surface area contributed by atoms with Gasteiger partial charge in [0.15, 0.2) is 12.3 Å². The van der Waals surface area contributed by atoms with Crippen LogP contribution < -0.4 is 5.32 Å². The van der Waals surface area contributed by atoms with Gasteiger partial charge in [0.25, 0.3) is 0 Å². The van der Waals surface area contributed by atoms with Crippen LogP contribution in [0.2, 0.25) is 0 Å². The third-order valence-corrected chi connectivity index (χ3v) is 1.81. The maximum absolute atomic E-state index is 10.7. The van der Waals surface area contributed by atoms with E-state index < -0.39 is 24.2 Å². The van der Waals surface area contributed by atoms with E-state index in [1.807, 2.05) is 0 Å². The number of ether oxygens (including phenoxy) is 1. The fraction of sp³-hybridized carbons (Fsp3) is 0.500. The SMILES string of the molecule is O=C(O)CC1N[C@@H](C(=O)O)/C(=C/CO)O1. The maximum Gasteiger partial charge on any atom is 0.328 e. The third kappa shape index (κ3) is 2.93. The Labute approximate surface area is 85.0 Å². The number of rotatable bonds is 4. The minimum Gasteiger partial charge on any atom is -0.481 e. The maximum atomic E-state index is 10.7. The number of aliphatic hydroxyl groups excluding tert-OH is 1. The van der Waals surface area contributed by atoms with Crippen LogP contribution in [0.15, 0.2) is 11.8 Å². The molecule has 7 nitrogen and oxygen atoms in total. The lowest BCUT2D eigenvalue weighted by Crippen LogP contribution is -2.37. The fourth-order valence-corrected chi connectivity index (χ4v) is 1.24. The molecule has 84 valence electrons. The predicted octanol–water partition coefficient (Wildman–Crippen LogP) is -1.26. The molecule has 0 aromatic carbocycles. The Bertz CT molecular complexity index is 300. The lowest BCUT2D eigenvalue weighted by atomic mass is 10.2. The summed E-state index contributed by atoms with van der Waals surface area (Å²) in [6, 6.07) is -1.10. The summed E-state index contributed by atoms with van der Waals surface area (Å²) in [6.07, 6.45) is -0.0263. The molecule has 0 spiro atoms. The number of hydrogen-bond donors (Lipinski definition) is 4. The highest BCUT2D eigenvalue weighted by Gasteiger charge is 2.35. The molecule has 1 aliphatic rings. The summed E-state index contributed by atoms with van der Waals surface area (Å²) in [7, 11) is 0. The molecular formula is C8H11NO6. The molecule has 2 atom stereocenters. The molecule has 0 aliphatic carbocycles. The molecule has 0 saturated carbocycles. The fourth-order valence-electron chi connectivity index (χ4n) is 1.24. The van der Waals surface area contributed by atoms with E-state index in [0.717, 1.165) is 0 Å². The van der Waals surface area contributed by atoms with Gasteiger partial charge < -0.3 is 20.1 Å². The van der Waals surface area contributed by atoms with E-state index in [1.54, 1.807) is 0 Å². The molecule has 1 aliphatic heterocycles. The van der Waals surface area contributed by atoms with Crippen molar-refractivity contribution in [2.24, 2.45) is 0 Å². The Morgan fingerprint density at radius 1 is 1.47 bits per heavy atom. The number of carboxylic acid groups (broad SMARTS) is 2. The summed E-state index contributed by atoms with van der Waals surface area (Å²) in [5.74, 6) is -2.24. The lowest BCUT2D eigenvalue weighted by Gasteiger charge is -2.05. The summed E-state index contributed by atoms with van der Waals surface area (Å²) in [5, 5.41) is 28.3. The van der Waals surface area contributed by atoms with Crippen molar-refractivity contribution in [3.05, 3.63) is 11.8 Å². The van der Waals surface area contributed by atoms with Gasteiger partial charge in [-0.2, -0.15) is 0 Å². The molecule has 0 aromatic rings. The smallest absolute Gasteiger partial charge is 0.328 e. The van der Waals surface area contributed by atoms with Gasteiger partial charge in [-0.15, -0.1) is 0 Å². The Balaban J connectivity index is 2.69. The summed E-state index contributed by atoms with van der Waals surface area (Å²) in [5.41, 5.74) is 0. The molecule has 0 radical (unpaired) electrons. The zero-order valence-corrected chi connectivity index (χ0v) is 7.71. The van der Waals surface area contributed by atoms with E-state index >= 15 is 0 Å². The van der Waals surface area contributed by atoms with Crippen LogP contribution in [-0.4, -0.2) is 46.1 Å². The molecule has 0 aromatic heterocycles. The van der Waals surface area contributed by atoms with Gasteiger partial charge in [-0.05, 0) is 6.08 Å². The van der Waals surface area contributed by atoms with E-state index in [1.165, 1.54) is 6.08 Å². The molecule has 1 fully saturated rings. The second kappa shape index (κ2) is 4.76. The van der Waals surface area contributed by atoms with Crippen molar-refractivity contribution < 1.29 is 29.6 Å². The van der Waals surface area contributed by atoms with Crippen LogP contribution in [0.25, 0.3) is 0 Å². The average Bonchev–Trinajstić information content (AvgIpc) is 2.47. The molecule has 1 rings (SSSR count). The van der Waals surface area contributed by atoms with E-state index in [0.29, 0.717) is 0 Å². The number of carboxylic acids is 2. The molecule has 1 heterocycles. The van der Waals surface area contributed by atoms with Crippen LogP contribution in [0, 0.1) is 0 Å². The zero-order chi connectivity index (χ0) is 11.4. The first-order valence-corrected chi connectivity index (χ1v) is 4.22. The zero-order valence-electron chi connectivity index (χ0n) is 7.71. The monoisotopic (exact) mass is 217 g/mol. The van der Waals surface area contributed by atoms with Gasteiger partial charge in [-0.3, -0.25) is 14.9 Å². The van der Waals surface area contributed by atoms with Gasteiger partial charge in [-0.25, -0.2) is 0 Å². The van der Waals surface area contributed by atoms with Crippen LogP contribution in [0.1, 0.15) is 6.42 Å². The summed E-state index contributed by atoms with van der Waals surface area (Å²) in [4.78, 5) is 21.1. The molecule has 1 saturated heterocycles. The topological polar surface area (TPSA) is 116 Å². The first-order chi connectivity index (χ1) is 7.04. The van der Waals surface area contributed by atoms with Crippen molar-refractivity contribution in [3.63, 3.8) is 0 Å². The Morgan fingerprint density at radius 3 is 2.60 bits per heavy atom. The van der Waals surface area contributed by atoms with E-state index in [9.17, 15) is 9.59 Å². The number of carbonyl (C=O) groups is 2. The Hall–Kier alpha value is -1.60. The normalized spacial score (nSPS) is 27.7. The molecule has 0 bridgehead atoms. The third-order valence-electron chi connectivity index (χ3n) is 1.81. The molecular weight excluding hydrogens is 206 g/mol. The van der Waals surface area contributed by atoms with Gasteiger partial charge in [0.2, 0.25) is 0 Å². The predicted molar refractivity (Wildman–Crippen MR) is 46.9 cm³/mol. The van der Waals surface area contributed by atoms with Crippen LogP contribution in [0.5, 0.6) is 0 Å². The van der Waals surface area contributed by atoms with Crippen molar-refractivity contribution in [2.75, 3.05) is 6.61 Å². The standard InChI is InChI=1S/C8H11NO6/c10-2-1-4-7(8(13)14)9-5(15-4)3-6(11)12/h1,5,7,9-10H,2-3H2,(H,11,12)(H,13,14)/b4-1-/t5?,7-/m1/s1. The van der Waals surface area contributed by atoms with Crippen molar-refractivity contribution in [1.82, 2.24) is 5.32 Å². The minimum atomic E-state index is -1.18. The van der Waals surface area contributed by atoms with E-state index in [4.69, 9.17) is 20.1 Å². The van der Waals surface area contributed by atoms with E-state index in [2.05, 4.69) is 5.32 Å². The first-order valence-electron chi connectivity index (χ1n) is 4.22. The lowest BCUT2D eigenvalue weighted by molar-refractivity contribution is -0.140. The van der Waals surface area contributed by atoms with Crippen molar-refractivity contribution in [2.45, 2.75) is 18.7 Å². The second-order valence-electron chi connectivity index (χ2n) is 2.93. The van der Waals surface area contributed by atoms with Gasteiger partial charge in [-0.1, -0.05) is 0 Å². The average molecular weight is 217 g/mol. The van der Waals surface area contributed by atoms with Gasteiger partial charge in [0, 0.05) is 0 Å². The summed E-state index contributed by atoms with van der Waals surface area (Å²) < 4.78 is 5.01. The minimum absolute atomic E-state index is 0.0382. The van der Waals surface area contributed by atoms with Crippen molar-refractivity contribution in [3.8, 4) is 0 Å². The van der Waals surface area contributed by atoms with Crippen LogP contribution >= 0.6 is 0 Å². The Kier molecular flexibility index (Phi) is 3.64. The van der Waals surface area contributed by atoms with Crippen molar-refractivity contribution >= 4 is 11.9 Å². The first kappa shape index (κ1) is 11.5. The highest BCUT2D eigenvalue weighted by molar-refractivity contribution is 5.77. The number of aliphatic carboxylic acids is 2. The number of hydrogen-bond acceptors (Lipinski definition) is 5. The largest absolute Gasteiger partial charge is 0.481 e. The second-order valence-corrected chi connectivity index (χ2v) is 2.93. The van der Waals surface area contributed by atoms with Gasteiger partial charge in [0.05, 0.1) is 13.0 Å². The van der Waals surface area contributed by atoms with Crippen LogP contribution in [-0.2, 0) is 14.3 Å². The van der Waals surface area contributed by atoms with Gasteiger partial charge in [0.1, 0.15) is 5.76 Å². The molecule has 0 amide bonds. The van der Waals surface area contributed by atoms with Crippen LogP contribution in [0.4, 0.5) is 0 Å².